The number of fused-ring (bicyclic) bond motifs is 1. The molecular formula is C20H35NO5. The van der Waals surface area contributed by atoms with E-state index < -0.39 is 0 Å². The summed E-state index contributed by atoms with van der Waals surface area (Å²) in [5.74, 6) is -0.00613. The molecule has 2 aliphatic heterocycles. The van der Waals surface area contributed by atoms with Crippen molar-refractivity contribution in [1.82, 2.24) is 4.90 Å². The van der Waals surface area contributed by atoms with Crippen molar-refractivity contribution in [3.05, 3.63) is 0 Å². The highest BCUT2D eigenvalue weighted by Gasteiger charge is 2.46. The minimum Gasteiger partial charge on any atom is -0.469 e. The van der Waals surface area contributed by atoms with E-state index in [0.717, 1.165) is 51.4 Å². The number of esters is 1. The minimum absolute atomic E-state index is 0.00495. The fourth-order valence-electron chi connectivity index (χ4n) is 4.08. The lowest BCUT2D eigenvalue weighted by Gasteiger charge is -2.24. The smallest absolute Gasteiger partial charge is 0.305 e. The number of aliphatic hydroxyl groups is 1. The van der Waals surface area contributed by atoms with Gasteiger partial charge in [0.15, 0.2) is 0 Å². The molecule has 2 heterocycles. The van der Waals surface area contributed by atoms with Crippen LogP contribution in [-0.2, 0) is 19.1 Å². The van der Waals surface area contributed by atoms with Crippen molar-refractivity contribution in [2.75, 3.05) is 13.7 Å². The first-order valence-corrected chi connectivity index (χ1v) is 10.2. The quantitative estimate of drug-likeness (QED) is 0.423. The maximum atomic E-state index is 12.2. The summed E-state index contributed by atoms with van der Waals surface area (Å²) in [6.45, 7) is 2.78. The maximum absolute atomic E-state index is 12.2. The summed E-state index contributed by atoms with van der Waals surface area (Å²) in [6.07, 6.45) is 9.16. The molecule has 0 bridgehead atoms. The lowest BCUT2D eigenvalue weighted by Crippen LogP contribution is -2.37. The van der Waals surface area contributed by atoms with Crippen molar-refractivity contribution in [1.29, 1.82) is 0 Å². The molecule has 26 heavy (non-hydrogen) atoms. The summed E-state index contributed by atoms with van der Waals surface area (Å²) < 4.78 is 10.7. The van der Waals surface area contributed by atoms with Crippen LogP contribution in [0.4, 0.5) is 0 Å². The standard InChI is InChI=1S/C20H35NO5/c1-3-4-5-8-15(22)11-12-21-17-13-16(26-18(17)14-19(21)23)9-6-7-10-20(24)25-2/h15-18,22H,3-14H2,1-2H3. The molecule has 0 saturated carbocycles. The van der Waals surface area contributed by atoms with Crippen LogP contribution in [0.25, 0.3) is 0 Å². The number of aliphatic hydroxyl groups excluding tert-OH is 1. The number of carbonyl (C=O) groups is 2. The summed E-state index contributed by atoms with van der Waals surface area (Å²) in [5.41, 5.74) is 0. The zero-order chi connectivity index (χ0) is 18.9. The number of amides is 1. The average molecular weight is 370 g/mol. The van der Waals surface area contributed by atoms with E-state index in [-0.39, 0.29) is 36.2 Å². The lowest BCUT2D eigenvalue weighted by atomic mass is 10.0. The Balaban J connectivity index is 1.69. The van der Waals surface area contributed by atoms with Crippen molar-refractivity contribution in [3.8, 4) is 0 Å². The highest BCUT2D eigenvalue weighted by Crippen LogP contribution is 2.35. The Labute approximate surface area is 157 Å². The van der Waals surface area contributed by atoms with Gasteiger partial charge in [0.2, 0.25) is 5.91 Å². The number of ether oxygens (including phenoxy) is 2. The Bertz CT molecular complexity index is 455. The molecule has 2 fully saturated rings. The normalized spacial score (nSPS) is 26.2. The predicted molar refractivity (Wildman–Crippen MR) is 98.6 cm³/mol. The third kappa shape index (κ3) is 6.23. The number of rotatable bonds is 12. The molecule has 150 valence electrons. The van der Waals surface area contributed by atoms with Gasteiger partial charge in [-0.05, 0) is 32.1 Å². The van der Waals surface area contributed by atoms with E-state index in [2.05, 4.69) is 11.7 Å². The van der Waals surface area contributed by atoms with Crippen LogP contribution in [0, 0.1) is 0 Å². The van der Waals surface area contributed by atoms with Crippen molar-refractivity contribution in [3.63, 3.8) is 0 Å². The second kappa shape index (κ2) is 10.9. The molecule has 0 aromatic heterocycles. The van der Waals surface area contributed by atoms with Gasteiger partial charge < -0.3 is 19.5 Å². The summed E-state index contributed by atoms with van der Waals surface area (Å²) in [4.78, 5) is 25.3. The molecule has 2 saturated heterocycles. The van der Waals surface area contributed by atoms with Gasteiger partial charge in [0, 0.05) is 13.0 Å². The molecule has 2 aliphatic rings. The van der Waals surface area contributed by atoms with Crippen LogP contribution >= 0.6 is 0 Å². The molecular weight excluding hydrogens is 334 g/mol. The van der Waals surface area contributed by atoms with Crippen LogP contribution in [-0.4, -0.2) is 59.9 Å². The third-order valence-electron chi connectivity index (χ3n) is 5.63. The van der Waals surface area contributed by atoms with Crippen LogP contribution in [0.5, 0.6) is 0 Å². The highest BCUT2D eigenvalue weighted by atomic mass is 16.5. The first kappa shape index (κ1) is 21.2. The Morgan fingerprint density at radius 2 is 2.12 bits per heavy atom. The molecule has 0 radical (unpaired) electrons. The predicted octanol–water partition coefficient (Wildman–Crippen LogP) is 2.81. The van der Waals surface area contributed by atoms with Gasteiger partial charge >= 0.3 is 5.97 Å². The summed E-state index contributed by atoms with van der Waals surface area (Å²) in [7, 11) is 1.41. The molecule has 0 aromatic carbocycles. The number of hydrogen-bond acceptors (Lipinski definition) is 5. The van der Waals surface area contributed by atoms with E-state index in [1.807, 2.05) is 4.90 Å². The SMILES string of the molecule is CCCCCC(O)CCN1C(=O)CC2OC(CCCCC(=O)OC)CC21. The number of nitrogens with zero attached hydrogens (tertiary/aromatic N) is 1. The van der Waals surface area contributed by atoms with E-state index >= 15 is 0 Å². The molecule has 4 atom stereocenters. The van der Waals surface area contributed by atoms with E-state index in [9.17, 15) is 14.7 Å². The topological polar surface area (TPSA) is 76.1 Å². The van der Waals surface area contributed by atoms with Gasteiger partial charge in [-0.3, -0.25) is 9.59 Å². The Morgan fingerprint density at radius 1 is 1.31 bits per heavy atom. The van der Waals surface area contributed by atoms with Gasteiger partial charge in [0.25, 0.3) is 0 Å². The van der Waals surface area contributed by atoms with E-state index in [4.69, 9.17) is 4.74 Å². The third-order valence-corrected chi connectivity index (χ3v) is 5.63. The zero-order valence-electron chi connectivity index (χ0n) is 16.3. The van der Waals surface area contributed by atoms with Crippen LogP contribution in [0.15, 0.2) is 0 Å². The number of carbonyl (C=O) groups excluding carboxylic acids is 2. The molecule has 6 heteroatoms. The second-order valence-electron chi connectivity index (χ2n) is 7.65. The molecule has 2 rings (SSSR count). The first-order valence-electron chi connectivity index (χ1n) is 10.2. The fraction of sp³-hybridized carbons (Fsp3) is 0.900. The lowest BCUT2D eigenvalue weighted by molar-refractivity contribution is -0.140. The van der Waals surface area contributed by atoms with Gasteiger partial charge in [0.05, 0.1) is 37.9 Å². The Morgan fingerprint density at radius 3 is 2.85 bits per heavy atom. The van der Waals surface area contributed by atoms with E-state index in [0.29, 0.717) is 25.8 Å². The number of hydrogen-bond donors (Lipinski definition) is 1. The number of unbranched alkanes of at least 4 members (excludes halogenated alkanes) is 3. The zero-order valence-corrected chi connectivity index (χ0v) is 16.3. The molecule has 4 unspecified atom stereocenters. The van der Waals surface area contributed by atoms with Gasteiger partial charge in [-0.1, -0.05) is 32.6 Å². The van der Waals surface area contributed by atoms with Crippen molar-refractivity contribution in [2.45, 2.75) is 102 Å². The number of likely N-dealkylation sites (tertiary alicyclic amines) is 1. The van der Waals surface area contributed by atoms with Crippen molar-refractivity contribution < 1.29 is 24.2 Å². The molecule has 1 amide bonds. The highest BCUT2D eigenvalue weighted by molar-refractivity contribution is 5.80. The summed E-state index contributed by atoms with van der Waals surface area (Å²) in [5, 5.41) is 10.1. The van der Waals surface area contributed by atoms with Crippen LogP contribution in [0.3, 0.4) is 0 Å². The second-order valence-corrected chi connectivity index (χ2v) is 7.65. The maximum Gasteiger partial charge on any atom is 0.305 e. The monoisotopic (exact) mass is 369 g/mol. The van der Waals surface area contributed by atoms with Gasteiger partial charge in [-0.25, -0.2) is 0 Å². The number of methoxy groups -OCH3 is 1. The largest absolute Gasteiger partial charge is 0.469 e. The van der Waals surface area contributed by atoms with E-state index in [1.165, 1.54) is 7.11 Å². The molecule has 1 N–H and O–H groups in total. The molecule has 0 spiro atoms. The average Bonchev–Trinajstić information content (AvgIpc) is 3.13. The first-order chi connectivity index (χ1) is 12.5. The van der Waals surface area contributed by atoms with Gasteiger partial charge in [0.1, 0.15) is 0 Å². The van der Waals surface area contributed by atoms with Crippen LogP contribution in [0.1, 0.15) is 77.6 Å². The summed E-state index contributed by atoms with van der Waals surface area (Å²) in [6, 6.07) is 0.163. The van der Waals surface area contributed by atoms with Crippen LogP contribution < -0.4 is 0 Å². The fourth-order valence-corrected chi connectivity index (χ4v) is 4.08. The summed E-state index contributed by atoms with van der Waals surface area (Å²) >= 11 is 0. The minimum atomic E-state index is -0.315. The van der Waals surface area contributed by atoms with Crippen molar-refractivity contribution >= 4 is 11.9 Å². The van der Waals surface area contributed by atoms with Gasteiger partial charge in [-0.2, -0.15) is 0 Å². The van der Waals surface area contributed by atoms with Crippen molar-refractivity contribution in [2.24, 2.45) is 0 Å². The Kier molecular flexibility index (Phi) is 8.85. The van der Waals surface area contributed by atoms with E-state index in [1.54, 1.807) is 0 Å². The molecule has 6 nitrogen and oxygen atoms in total. The molecule has 0 aromatic rings. The van der Waals surface area contributed by atoms with Gasteiger partial charge in [-0.15, -0.1) is 0 Å². The Hall–Kier alpha value is -1.14. The van der Waals surface area contributed by atoms with Crippen LogP contribution in [0.2, 0.25) is 0 Å². The molecule has 0 aliphatic carbocycles.